The highest BCUT2D eigenvalue weighted by molar-refractivity contribution is 6.58. The average molecular weight is 333 g/mol. The average Bonchev–Trinajstić information content (AvgIpc) is 2.97. The van der Waals surface area contributed by atoms with Gasteiger partial charge in [0, 0.05) is 30.8 Å². The lowest BCUT2D eigenvalue weighted by atomic mass is 9.86. The number of halogens is 2. The number of aryl methyl sites for hydroxylation is 2. The van der Waals surface area contributed by atoms with Crippen LogP contribution in [0.25, 0.3) is 5.57 Å². The first-order valence-corrected chi connectivity index (χ1v) is 8.72. The van der Waals surface area contributed by atoms with E-state index in [1.165, 1.54) is 8.96 Å². The second kappa shape index (κ2) is 5.69. The molecule has 24 heavy (non-hydrogen) atoms. The summed E-state index contributed by atoms with van der Waals surface area (Å²) >= 11 is 0. The summed E-state index contributed by atoms with van der Waals surface area (Å²) in [6.45, 7) is 10.3. The summed E-state index contributed by atoms with van der Waals surface area (Å²) < 4.78 is 33.3. The molecular formula is C18H26BF2N3. The molecule has 0 saturated heterocycles. The topological polar surface area (TPSA) is 11.2 Å². The van der Waals surface area contributed by atoms with Gasteiger partial charge >= 0.3 is 6.97 Å². The molecule has 0 amide bonds. The second-order valence-electron chi connectivity index (χ2n) is 6.90. The maximum Gasteiger partial charge on any atom is 0.737 e. The molecule has 0 aliphatic carbocycles. The second-order valence-corrected chi connectivity index (χ2v) is 6.90. The van der Waals surface area contributed by atoms with Crippen LogP contribution in [0.15, 0.2) is 23.4 Å². The van der Waals surface area contributed by atoms with E-state index in [9.17, 15) is 0 Å². The zero-order valence-corrected chi connectivity index (χ0v) is 15.5. The predicted molar refractivity (Wildman–Crippen MR) is 96.7 cm³/mol. The van der Waals surface area contributed by atoms with E-state index in [1.54, 1.807) is 13.8 Å². The minimum atomic E-state index is -3.85. The number of rotatable bonds is 4. The van der Waals surface area contributed by atoms with Gasteiger partial charge in [0.15, 0.2) is 5.70 Å². The SMILES string of the molecule is CCN(CC)CC1=C2C(C)=CC(C)=[N+]2[B-](F)(F)n2c(C)cc(C)c21. The van der Waals surface area contributed by atoms with Gasteiger partial charge in [-0.25, -0.2) is 0 Å². The monoisotopic (exact) mass is 333 g/mol. The van der Waals surface area contributed by atoms with Crippen molar-refractivity contribution in [3.8, 4) is 0 Å². The summed E-state index contributed by atoms with van der Waals surface area (Å²) in [5.41, 5.74) is 5.54. The molecule has 0 radical (unpaired) electrons. The van der Waals surface area contributed by atoms with E-state index in [0.29, 0.717) is 29.3 Å². The molecule has 0 fully saturated rings. The Kier molecular flexibility index (Phi) is 4.07. The third kappa shape index (κ3) is 2.23. The van der Waals surface area contributed by atoms with E-state index < -0.39 is 6.97 Å². The molecule has 0 aromatic carbocycles. The molecule has 2 aliphatic rings. The quantitative estimate of drug-likeness (QED) is 0.762. The molecule has 3 heterocycles. The molecule has 0 atom stereocenters. The van der Waals surface area contributed by atoms with Crippen LogP contribution < -0.4 is 0 Å². The Bertz CT molecular complexity index is 795. The number of likely N-dealkylation sites (N-methyl/N-ethyl adjacent to an activating group) is 1. The van der Waals surface area contributed by atoms with Gasteiger partial charge in [-0.05, 0) is 51.2 Å². The van der Waals surface area contributed by atoms with Crippen molar-refractivity contribution >= 4 is 18.3 Å². The van der Waals surface area contributed by atoms with E-state index >= 15 is 8.63 Å². The lowest BCUT2D eigenvalue weighted by molar-refractivity contribution is -0.363. The van der Waals surface area contributed by atoms with E-state index in [-0.39, 0.29) is 0 Å². The summed E-state index contributed by atoms with van der Waals surface area (Å²) in [4.78, 5) is 2.28. The van der Waals surface area contributed by atoms with Gasteiger partial charge in [0.05, 0.1) is 5.57 Å². The standard InChI is InChI=1S/C18H26BF2N3/c1-7-22(8-2)11-16-17-12(3)9-14(5)23(17)19(20,21)24-15(6)10-13(4)18(16)24/h9-10H,7-8,11H2,1-6H3. The third-order valence-corrected chi connectivity index (χ3v) is 5.31. The first-order chi connectivity index (χ1) is 11.2. The van der Waals surface area contributed by atoms with Crippen molar-refractivity contribution in [2.75, 3.05) is 19.6 Å². The number of hydrogen-bond donors (Lipinski definition) is 0. The van der Waals surface area contributed by atoms with Gasteiger partial charge < -0.3 is 17.6 Å². The maximum absolute atomic E-state index is 15.4. The molecule has 1 aromatic rings. The highest BCUT2D eigenvalue weighted by atomic mass is 19.2. The maximum atomic E-state index is 15.4. The smallest absolute Gasteiger partial charge is 0.393 e. The van der Waals surface area contributed by atoms with E-state index in [4.69, 9.17) is 0 Å². The van der Waals surface area contributed by atoms with Crippen LogP contribution in [0, 0.1) is 13.8 Å². The van der Waals surface area contributed by atoms with Crippen LogP contribution in [0.2, 0.25) is 0 Å². The summed E-state index contributed by atoms with van der Waals surface area (Å²) in [6, 6.07) is 1.88. The van der Waals surface area contributed by atoms with Crippen LogP contribution in [0.3, 0.4) is 0 Å². The predicted octanol–water partition coefficient (Wildman–Crippen LogP) is 3.83. The van der Waals surface area contributed by atoms with Crippen molar-refractivity contribution in [2.24, 2.45) is 0 Å². The van der Waals surface area contributed by atoms with Gasteiger partial charge in [-0.15, -0.1) is 0 Å². The number of nitrogens with zero attached hydrogens (tertiary/aromatic N) is 3. The van der Waals surface area contributed by atoms with Crippen molar-refractivity contribution in [3.63, 3.8) is 0 Å². The molecule has 0 unspecified atom stereocenters. The fourth-order valence-electron chi connectivity index (χ4n) is 4.25. The Morgan fingerprint density at radius 2 is 1.75 bits per heavy atom. The zero-order chi connectivity index (χ0) is 17.8. The van der Waals surface area contributed by atoms with Gasteiger partial charge in [-0.2, -0.15) is 0 Å². The highest BCUT2D eigenvalue weighted by Crippen LogP contribution is 2.41. The molecule has 1 aromatic heterocycles. The van der Waals surface area contributed by atoms with Crippen molar-refractivity contribution < 1.29 is 13.1 Å². The molecule has 3 rings (SSSR count). The van der Waals surface area contributed by atoms with Crippen LogP contribution >= 0.6 is 0 Å². The molecule has 0 spiro atoms. The molecule has 3 nitrogen and oxygen atoms in total. The first kappa shape index (κ1) is 17.1. The van der Waals surface area contributed by atoms with Crippen molar-refractivity contribution in [1.29, 1.82) is 0 Å². The van der Waals surface area contributed by atoms with Crippen LogP contribution in [-0.2, 0) is 0 Å². The van der Waals surface area contributed by atoms with Crippen molar-refractivity contribution in [1.82, 2.24) is 9.38 Å². The van der Waals surface area contributed by atoms with Gasteiger partial charge in [-0.3, -0.25) is 4.90 Å². The van der Waals surface area contributed by atoms with Crippen LogP contribution in [0.4, 0.5) is 8.63 Å². The summed E-state index contributed by atoms with van der Waals surface area (Å²) in [7, 11) is 0. The summed E-state index contributed by atoms with van der Waals surface area (Å²) in [6.07, 6.45) is 1.88. The molecule has 0 saturated carbocycles. The minimum absolute atomic E-state index is 0.626. The zero-order valence-electron chi connectivity index (χ0n) is 15.5. The van der Waals surface area contributed by atoms with Crippen LogP contribution in [0.1, 0.15) is 44.6 Å². The Balaban J connectivity index is 2.33. The fraction of sp³-hybridized carbons (Fsp3) is 0.500. The van der Waals surface area contributed by atoms with Gasteiger partial charge in [-0.1, -0.05) is 13.8 Å². The Labute approximate surface area is 143 Å². The Morgan fingerprint density at radius 1 is 1.12 bits per heavy atom. The summed E-state index contributed by atoms with van der Waals surface area (Å²) in [5.74, 6) is 0. The van der Waals surface area contributed by atoms with Gasteiger partial charge in [0.1, 0.15) is 5.71 Å². The number of hydrogen-bond acceptors (Lipinski definition) is 1. The van der Waals surface area contributed by atoms with Crippen molar-refractivity contribution in [2.45, 2.75) is 41.5 Å². The number of allylic oxidation sites excluding steroid dienone is 2. The molecule has 0 bridgehead atoms. The van der Waals surface area contributed by atoms with E-state index in [2.05, 4.69) is 18.7 Å². The molecule has 2 aliphatic heterocycles. The molecular weight excluding hydrogens is 307 g/mol. The van der Waals surface area contributed by atoms with E-state index in [0.717, 1.165) is 29.8 Å². The summed E-state index contributed by atoms with van der Waals surface area (Å²) in [5, 5.41) is 0. The Morgan fingerprint density at radius 3 is 2.33 bits per heavy atom. The third-order valence-electron chi connectivity index (χ3n) is 5.31. The minimum Gasteiger partial charge on any atom is -0.393 e. The lowest BCUT2D eigenvalue weighted by Gasteiger charge is -2.35. The van der Waals surface area contributed by atoms with E-state index in [1.807, 2.05) is 26.0 Å². The number of aromatic nitrogens is 1. The van der Waals surface area contributed by atoms with Crippen LogP contribution in [-0.4, -0.2) is 46.2 Å². The molecule has 6 heteroatoms. The first-order valence-electron chi connectivity index (χ1n) is 8.72. The number of fused-ring (bicyclic) bond motifs is 2. The van der Waals surface area contributed by atoms with Gasteiger partial charge in [0.25, 0.3) is 0 Å². The fourth-order valence-corrected chi connectivity index (χ4v) is 4.25. The lowest BCUT2D eigenvalue weighted by Crippen LogP contribution is -2.52. The molecule has 130 valence electrons. The largest absolute Gasteiger partial charge is 0.737 e. The Hall–Kier alpha value is -1.69. The highest BCUT2D eigenvalue weighted by Gasteiger charge is 2.54. The van der Waals surface area contributed by atoms with Crippen LogP contribution in [0.5, 0.6) is 0 Å². The molecule has 0 N–H and O–H groups in total. The van der Waals surface area contributed by atoms with Gasteiger partial charge in [0.2, 0.25) is 0 Å². The van der Waals surface area contributed by atoms with Crippen molar-refractivity contribution in [3.05, 3.63) is 40.4 Å². The normalized spacial score (nSPS) is 19.1.